The zero-order valence-corrected chi connectivity index (χ0v) is 11.9. The van der Waals surface area contributed by atoms with Crippen molar-refractivity contribution in [3.63, 3.8) is 0 Å². The SMILES string of the molecule is C[C@@H]1C(=O)O[C@H]2[C@@H]1CC[C@@]1(C)[C@H](O)CC[C@@](C)(O)[C@H]21. The van der Waals surface area contributed by atoms with Crippen molar-refractivity contribution in [2.75, 3.05) is 0 Å². The van der Waals surface area contributed by atoms with E-state index in [4.69, 9.17) is 4.74 Å². The largest absolute Gasteiger partial charge is 0.461 e. The summed E-state index contributed by atoms with van der Waals surface area (Å²) in [6.07, 6.45) is 2.32. The van der Waals surface area contributed by atoms with Gasteiger partial charge in [-0.05, 0) is 32.6 Å². The topological polar surface area (TPSA) is 66.8 Å². The third-order valence-electron chi connectivity index (χ3n) is 6.10. The maximum atomic E-state index is 11.8. The van der Waals surface area contributed by atoms with E-state index in [9.17, 15) is 15.0 Å². The average Bonchev–Trinajstić information content (AvgIpc) is 2.60. The van der Waals surface area contributed by atoms with Crippen LogP contribution < -0.4 is 0 Å². The number of carbonyl (C=O) groups is 1. The molecule has 4 heteroatoms. The first kappa shape index (κ1) is 13.4. The highest BCUT2D eigenvalue weighted by atomic mass is 16.6. The highest BCUT2D eigenvalue weighted by molar-refractivity contribution is 5.75. The summed E-state index contributed by atoms with van der Waals surface area (Å²) in [7, 11) is 0. The molecule has 2 N–H and O–H groups in total. The van der Waals surface area contributed by atoms with Crippen LogP contribution in [0.1, 0.15) is 46.5 Å². The van der Waals surface area contributed by atoms with Gasteiger partial charge in [0, 0.05) is 17.3 Å². The Kier molecular flexibility index (Phi) is 2.78. The molecule has 0 radical (unpaired) electrons. The highest BCUT2D eigenvalue weighted by Gasteiger charge is 2.63. The Hall–Kier alpha value is -0.610. The first-order valence-corrected chi connectivity index (χ1v) is 7.38. The summed E-state index contributed by atoms with van der Waals surface area (Å²) in [6.45, 7) is 5.80. The van der Waals surface area contributed by atoms with E-state index < -0.39 is 11.7 Å². The lowest BCUT2D eigenvalue weighted by atomic mass is 9.51. The molecule has 108 valence electrons. The predicted molar refractivity (Wildman–Crippen MR) is 69.2 cm³/mol. The molecule has 0 bridgehead atoms. The number of ether oxygens (including phenoxy) is 1. The Morgan fingerprint density at radius 2 is 1.95 bits per heavy atom. The summed E-state index contributed by atoms with van der Waals surface area (Å²) in [5.41, 5.74) is -1.20. The van der Waals surface area contributed by atoms with Crippen LogP contribution in [0.4, 0.5) is 0 Å². The minimum atomic E-state index is -0.859. The molecule has 3 fully saturated rings. The fourth-order valence-electron chi connectivity index (χ4n) is 4.88. The summed E-state index contributed by atoms with van der Waals surface area (Å²) in [5, 5.41) is 21.2. The van der Waals surface area contributed by atoms with Crippen molar-refractivity contribution >= 4 is 5.97 Å². The fraction of sp³-hybridized carbons (Fsp3) is 0.933. The summed E-state index contributed by atoms with van der Waals surface area (Å²) in [5.74, 6) is -0.182. The number of fused-ring (bicyclic) bond motifs is 3. The minimum Gasteiger partial charge on any atom is -0.461 e. The van der Waals surface area contributed by atoms with E-state index in [1.54, 1.807) is 0 Å². The molecule has 1 aliphatic heterocycles. The Morgan fingerprint density at radius 1 is 1.26 bits per heavy atom. The molecule has 1 heterocycles. The predicted octanol–water partition coefficient (Wildman–Crippen LogP) is 1.49. The Morgan fingerprint density at radius 3 is 2.63 bits per heavy atom. The van der Waals surface area contributed by atoms with Crippen LogP contribution in [-0.2, 0) is 9.53 Å². The van der Waals surface area contributed by atoms with Gasteiger partial charge in [0.2, 0.25) is 0 Å². The van der Waals surface area contributed by atoms with E-state index in [1.807, 2.05) is 20.8 Å². The minimum absolute atomic E-state index is 0.0792. The van der Waals surface area contributed by atoms with Gasteiger partial charge >= 0.3 is 5.97 Å². The number of hydrogen-bond donors (Lipinski definition) is 2. The second-order valence-electron chi connectivity index (χ2n) is 7.29. The van der Waals surface area contributed by atoms with Crippen LogP contribution in [0.15, 0.2) is 0 Å². The van der Waals surface area contributed by atoms with Gasteiger partial charge in [-0.2, -0.15) is 0 Å². The molecule has 0 aromatic heterocycles. The number of esters is 1. The Bertz CT molecular complexity index is 405. The molecule has 0 aromatic rings. The van der Waals surface area contributed by atoms with Gasteiger partial charge < -0.3 is 14.9 Å². The number of hydrogen-bond acceptors (Lipinski definition) is 4. The maximum Gasteiger partial charge on any atom is 0.309 e. The molecule has 4 nitrogen and oxygen atoms in total. The number of carbonyl (C=O) groups excluding carboxylic acids is 1. The van der Waals surface area contributed by atoms with Crippen molar-refractivity contribution in [1.29, 1.82) is 0 Å². The van der Waals surface area contributed by atoms with Crippen LogP contribution in [0.2, 0.25) is 0 Å². The fourth-order valence-corrected chi connectivity index (χ4v) is 4.88. The van der Waals surface area contributed by atoms with E-state index >= 15 is 0 Å². The third kappa shape index (κ3) is 1.69. The van der Waals surface area contributed by atoms with Crippen LogP contribution in [0.5, 0.6) is 0 Å². The van der Waals surface area contributed by atoms with Gasteiger partial charge in [0.15, 0.2) is 0 Å². The lowest BCUT2D eigenvalue weighted by molar-refractivity contribution is -0.212. The van der Waals surface area contributed by atoms with Gasteiger partial charge in [0.25, 0.3) is 0 Å². The molecular formula is C15H24O4. The standard InChI is InChI=1S/C15H24O4/c1-8-9-4-6-14(2)10(16)5-7-15(3,18)12(14)11(9)19-13(8)17/h8-12,16,18H,4-7H2,1-3H3/t8-,9+,10+,11-,12+,14-,15+/m0/s1. The lowest BCUT2D eigenvalue weighted by Gasteiger charge is -2.57. The zero-order valence-electron chi connectivity index (χ0n) is 11.9. The second kappa shape index (κ2) is 3.95. The van der Waals surface area contributed by atoms with Crippen LogP contribution in [-0.4, -0.2) is 34.0 Å². The summed E-state index contributed by atoms with van der Waals surface area (Å²) in [6, 6.07) is 0. The summed E-state index contributed by atoms with van der Waals surface area (Å²) in [4.78, 5) is 11.8. The van der Waals surface area contributed by atoms with Gasteiger partial charge in [-0.25, -0.2) is 0 Å². The van der Waals surface area contributed by atoms with E-state index in [-0.39, 0.29) is 35.2 Å². The molecule has 2 saturated carbocycles. The number of aliphatic hydroxyl groups excluding tert-OH is 1. The van der Waals surface area contributed by atoms with E-state index in [2.05, 4.69) is 0 Å². The zero-order chi connectivity index (χ0) is 14.0. The molecular weight excluding hydrogens is 244 g/mol. The van der Waals surface area contributed by atoms with Gasteiger partial charge in [0.1, 0.15) is 6.10 Å². The first-order chi connectivity index (χ1) is 8.77. The molecule has 0 amide bonds. The second-order valence-corrected chi connectivity index (χ2v) is 7.29. The van der Waals surface area contributed by atoms with Crippen molar-refractivity contribution in [3.8, 4) is 0 Å². The van der Waals surface area contributed by atoms with Gasteiger partial charge in [0.05, 0.1) is 17.6 Å². The molecule has 7 atom stereocenters. The van der Waals surface area contributed by atoms with Gasteiger partial charge in [-0.15, -0.1) is 0 Å². The van der Waals surface area contributed by atoms with E-state index in [1.165, 1.54) is 0 Å². The molecule has 3 rings (SSSR count). The summed E-state index contributed by atoms with van der Waals surface area (Å²) >= 11 is 0. The monoisotopic (exact) mass is 268 g/mol. The Balaban J connectivity index is 2.01. The van der Waals surface area contributed by atoms with Gasteiger partial charge in [-0.3, -0.25) is 4.79 Å². The highest BCUT2D eigenvalue weighted by Crippen LogP contribution is 2.58. The quantitative estimate of drug-likeness (QED) is 0.653. The van der Waals surface area contributed by atoms with Crippen molar-refractivity contribution in [1.82, 2.24) is 0 Å². The maximum absolute atomic E-state index is 11.8. The molecule has 3 aliphatic rings. The number of aliphatic hydroxyl groups is 2. The van der Waals surface area contributed by atoms with Crippen LogP contribution in [0.25, 0.3) is 0 Å². The molecule has 0 unspecified atom stereocenters. The van der Waals surface area contributed by atoms with E-state index in [0.29, 0.717) is 12.8 Å². The van der Waals surface area contributed by atoms with Crippen LogP contribution in [0.3, 0.4) is 0 Å². The smallest absolute Gasteiger partial charge is 0.309 e. The molecule has 2 aliphatic carbocycles. The summed E-state index contributed by atoms with van der Waals surface area (Å²) < 4.78 is 5.59. The van der Waals surface area contributed by atoms with Crippen molar-refractivity contribution in [3.05, 3.63) is 0 Å². The first-order valence-electron chi connectivity index (χ1n) is 7.38. The van der Waals surface area contributed by atoms with E-state index in [0.717, 1.165) is 12.8 Å². The van der Waals surface area contributed by atoms with Crippen molar-refractivity contribution in [2.24, 2.45) is 23.2 Å². The lowest BCUT2D eigenvalue weighted by Crippen LogP contribution is -2.62. The molecule has 0 spiro atoms. The van der Waals surface area contributed by atoms with Crippen molar-refractivity contribution in [2.45, 2.75) is 64.3 Å². The normalized spacial score (nSPS) is 57.3. The molecule has 19 heavy (non-hydrogen) atoms. The number of rotatable bonds is 0. The van der Waals surface area contributed by atoms with Crippen LogP contribution in [0, 0.1) is 23.2 Å². The average molecular weight is 268 g/mol. The van der Waals surface area contributed by atoms with Crippen molar-refractivity contribution < 1.29 is 19.7 Å². The molecule has 1 saturated heterocycles. The molecule has 0 aromatic carbocycles. The third-order valence-corrected chi connectivity index (χ3v) is 6.10. The Labute approximate surface area is 114 Å². The van der Waals surface area contributed by atoms with Gasteiger partial charge in [-0.1, -0.05) is 13.8 Å². The van der Waals surface area contributed by atoms with Crippen LogP contribution >= 0.6 is 0 Å².